The first-order chi connectivity index (χ1) is 12.4. The van der Waals surface area contributed by atoms with Crippen LogP contribution in [0.25, 0.3) is 10.4 Å². The number of benzene rings is 2. The number of aromatic nitrogens is 1. The largest absolute Gasteiger partial charge is 0.326 e. The first kappa shape index (κ1) is 17.8. The first-order valence-electron chi connectivity index (χ1n) is 7.85. The van der Waals surface area contributed by atoms with E-state index in [1.165, 1.54) is 30.4 Å². The van der Waals surface area contributed by atoms with Gasteiger partial charge in [-0.15, -0.1) is 11.3 Å². The van der Waals surface area contributed by atoms with Gasteiger partial charge in [0, 0.05) is 18.3 Å². The number of carbonyl (C=O) groups excluding carboxylic acids is 2. The Hall–Kier alpha value is -3.06. The van der Waals surface area contributed by atoms with Gasteiger partial charge >= 0.3 is 0 Å². The Morgan fingerprint density at radius 3 is 2.35 bits per heavy atom. The van der Waals surface area contributed by atoms with E-state index in [1.54, 1.807) is 36.4 Å². The number of thiazole rings is 1. The van der Waals surface area contributed by atoms with E-state index < -0.39 is 0 Å². The zero-order valence-corrected chi connectivity index (χ0v) is 15.0. The molecule has 7 heteroatoms. The highest BCUT2D eigenvalue weighted by Crippen LogP contribution is 2.31. The van der Waals surface area contributed by atoms with Gasteiger partial charge in [0.2, 0.25) is 5.91 Å². The van der Waals surface area contributed by atoms with E-state index in [0.717, 1.165) is 10.6 Å². The van der Waals surface area contributed by atoms with Crippen molar-refractivity contribution >= 4 is 34.5 Å². The van der Waals surface area contributed by atoms with E-state index in [9.17, 15) is 14.0 Å². The van der Waals surface area contributed by atoms with Crippen molar-refractivity contribution < 1.29 is 14.0 Å². The second-order valence-electron chi connectivity index (χ2n) is 5.63. The van der Waals surface area contributed by atoms with Crippen LogP contribution >= 0.6 is 11.3 Å². The van der Waals surface area contributed by atoms with Crippen LogP contribution in [0.2, 0.25) is 0 Å². The number of hydrogen-bond acceptors (Lipinski definition) is 4. The number of halogens is 1. The number of rotatable bonds is 4. The van der Waals surface area contributed by atoms with E-state index in [-0.39, 0.29) is 23.3 Å². The van der Waals surface area contributed by atoms with E-state index in [2.05, 4.69) is 15.6 Å². The topological polar surface area (TPSA) is 71.1 Å². The number of aryl methyl sites for hydroxylation is 1. The Kier molecular flexibility index (Phi) is 5.09. The summed E-state index contributed by atoms with van der Waals surface area (Å²) in [6.07, 6.45) is 0. The molecule has 1 aromatic heterocycles. The van der Waals surface area contributed by atoms with Crippen LogP contribution in [0.15, 0.2) is 48.5 Å². The molecule has 0 aliphatic heterocycles. The summed E-state index contributed by atoms with van der Waals surface area (Å²) in [5, 5.41) is 6.19. The van der Waals surface area contributed by atoms with Crippen molar-refractivity contribution in [3.63, 3.8) is 0 Å². The lowest BCUT2D eigenvalue weighted by Gasteiger charge is -2.08. The maximum absolute atomic E-state index is 13.2. The fourth-order valence-electron chi connectivity index (χ4n) is 2.45. The molecule has 3 rings (SSSR count). The van der Waals surface area contributed by atoms with Crippen molar-refractivity contribution in [2.24, 2.45) is 0 Å². The minimum Gasteiger partial charge on any atom is -0.326 e. The summed E-state index contributed by atoms with van der Waals surface area (Å²) < 4.78 is 13.2. The minimum atomic E-state index is -0.367. The molecule has 0 fully saturated rings. The molecule has 0 spiro atoms. The quantitative estimate of drug-likeness (QED) is 0.713. The third kappa shape index (κ3) is 4.12. The second-order valence-corrected chi connectivity index (χ2v) is 6.84. The predicted octanol–water partition coefficient (Wildman–Crippen LogP) is 4.47. The summed E-state index contributed by atoms with van der Waals surface area (Å²) in [4.78, 5) is 28.9. The van der Waals surface area contributed by atoms with E-state index >= 15 is 0 Å². The molecule has 26 heavy (non-hydrogen) atoms. The van der Waals surface area contributed by atoms with Crippen molar-refractivity contribution in [2.45, 2.75) is 13.8 Å². The summed E-state index contributed by atoms with van der Waals surface area (Å²) in [6, 6.07) is 12.8. The smallest absolute Gasteiger partial charge is 0.275 e. The van der Waals surface area contributed by atoms with Gasteiger partial charge in [0.25, 0.3) is 5.91 Å². The van der Waals surface area contributed by atoms with Crippen LogP contribution in [0, 0.1) is 12.7 Å². The van der Waals surface area contributed by atoms with Gasteiger partial charge in [0.15, 0.2) is 0 Å². The van der Waals surface area contributed by atoms with Gasteiger partial charge in [-0.05, 0) is 42.8 Å². The van der Waals surface area contributed by atoms with Crippen LogP contribution in [0.5, 0.6) is 0 Å². The summed E-state index contributed by atoms with van der Waals surface area (Å²) in [6.45, 7) is 3.23. The lowest BCUT2D eigenvalue weighted by molar-refractivity contribution is -0.114. The summed E-state index contributed by atoms with van der Waals surface area (Å²) in [5.74, 6) is -0.897. The molecule has 0 aliphatic rings. The number of amides is 2. The first-order valence-corrected chi connectivity index (χ1v) is 8.66. The Bertz CT molecular complexity index is 967. The highest BCUT2D eigenvalue weighted by Gasteiger charge is 2.18. The highest BCUT2D eigenvalue weighted by atomic mass is 32.1. The number of hydrogen-bond donors (Lipinski definition) is 2. The van der Waals surface area contributed by atoms with Crippen LogP contribution in [0.3, 0.4) is 0 Å². The SMILES string of the molecule is CC(=O)Nc1cccc(NC(=O)c2nc(C)sc2-c2ccc(F)cc2)c1. The molecule has 0 saturated heterocycles. The van der Waals surface area contributed by atoms with Crippen molar-refractivity contribution in [1.82, 2.24) is 4.98 Å². The number of anilines is 2. The third-order valence-electron chi connectivity index (χ3n) is 3.50. The average Bonchev–Trinajstić information content (AvgIpc) is 2.97. The second kappa shape index (κ2) is 7.45. The molecule has 0 bridgehead atoms. The Balaban J connectivity index is 1.87. The summed E-state index contributed by atoms with van der Waals surface area (Å²) >= 11 is 1.37. The maximum Gasteiger partial charge on any atom is 0.275 e. The molecule has 0 aliphatic carbocycles. The molecule has 5 nitrogen and oxygen atoms in total. The molecule has 0 atom stereocenters. The molecule has 2 aromatic carbocycles. The lowest BCUT2D eigenvalue weighted by atomic mass is 10.1. The van der Waals surface area contributed by atoms with Gasteiger partial charge in [0.1, 0.15) is 11.5 Å². The zero-order valence-electron chi connectivity index (χ0n) is 14.2. The van der Waals surface area contributed by atoms with Crippen LogP contribution < -0.4 is 10.6 Å². The van der Waals surface area contributed by atoms with Crippen molar-refractivity contribution in [3.8, 4) is 10.4 Å². The van der Waals surface area contributed by atoms with Gasteiger partial charge in [0.05, 0.1) is 9.88 Å². The molecule has 1 heterocycles. The normalized spacial score (nSPS) is 10.4. The summed E-state index contributed by atoms with van der Waals surface area (Å²) in [7, 11) is 0. The Morgan fingerprint density at radius 2 is 1.69 bits per heavy atom. The Morgan fingerprint density at radius 1 is 1.04 bits per heavy atom. The fraction of sp³-hybridized carbons (Fsp3) is 0.105. The highest BCUT2D eigenvalue weighted by molar-refractivity contribution is 7.15. The maximum atomic E-state index is 13.2. The van der Waals surface area contributed by atoms with Crippen molar-refractivity contribution in [2.75, 3.05) is 10.6 Å². The summed E-state index contributed by atoms with van der Waals surface area (Å²) in [5.41, 5.74) is 2.14. The molecule has 0 unspecified atom stereocenters. The van der Waals surface area contributed by atoms with E-state index in [0.29, 0.717) is 16.3 Å². The molecule has 0 radical (unpaired) electrons. The molecule has 0 saturated carbocycles. The van der Waals surface area contributed by atoms with Crippen LogP contribution in [-0.4, -0.2) is 16.8 Å². The van der Waals surface area contributed by atoms with Gasteiger partial charge in [-0.2, -0.15) is 0 Å². The van der Waals surface area contributed by atoms with Gasteiger partial charge in [-0.1, -0.05) is 18.2 Å². The molecule has 2 N–H and O–H groups in total. The molecular weight excluding hydrogens is 353 g/mol. The fourth-order valence-corrected chi connectivity index (χ4v) is 3.37. The van der Waals surface area contributed by atoms with Crippen LogP contribution in [-0.2, 0) is 4.79 Å². The van der Waals surface area contributed by atoms with E-state index in [4.69, 9.17) is 0 Å². The zero-order chi connectivity index (χ0) is 18.7. The number of nitrogens with one attached hydrogen (secondary N) is 2. The third-order valence-corrected chi connectivity index (χ3v) is 4.52. The van der Waals surface area contributed by atoms with Gasteiger partial charge in [-0.3, -0.25) is 9.59 Å². The lowest BCUT2D eigenvalue weighted by Crippen LogP contribution is -2.14. The molecular formula is C19H16FN3O2S. The minimum absolute atomic E-state index is 0.192. The average molecular weight is 369 g/mol. The van der Waals surface area contributed by atoms with Crippen molar-refractivity contribution in [1.29, 1.82) is 0 Å². The van der Waals surface area contributed by atoms with Crippen LogP contribution in [0.1, 0.15) is 22.4 Å². The standard InChI is InChI=1S/C19H16FN3O2S/c1-11(24)21-15-4-3-5-16(10-15)23-19(25)17-18(26-12(2)22-17)13-6-8-14(20)9-7-13/h3-10H,1-2H3,(H,21,24)(H,23,25). The van der Waals surface area contributed by atoms with Crippen molar-refractivity contribution in [3.05, 3.63) is 65.0 Å². The van der Waals surface area contributed by atoms with Gasteiger partial charge in [-0.25, -0.2) is 9.37 Å². The monoisotopic (exact) mass is 369 g/mol. The van der Waals surface area contributed by atoms with E-state index in [1.807, 2.05) is 6.92 Å². The molecule has 3 aromatic rings. The molecule has 2 amide bonds. The Labute approximate surface area is 153 Å². The van der Waals surface area contributed by atoms with Gasteiger partial charge < -0.3 is 10.6 Å². The predicted molar refractivity (Wildman–Crippen MR) is 101 cm³/mol. The van der Waals surface area contributed by atoms with Crippen LogP contribution in [0.4, 0.5) is 15.8 Å². The number of carbonyl (C=O) groups is 2. The number of nitrogens with zero attached hydrogens (tertiary/aromatic N) is 1. The molecule has 132 valence electrons.